The predicted octanol–water partition coefficient (Wildman–Crippen LogP) is 2.06. The number of halogens is 1. The van der Waals surface area contributed by atoms with Crippen molar-refractivity contribution in [3.8, 4) is 0 Å². The number of hydrogen-bond acceptors (Lipinski definition) is 0. The van der Waals surface area contributed by atoms with Gasteiger partial charge >= 0.3 is 49.5 Å². The van der Waals surface area contributed by atoms with Gasteiger partial charge in [-0.05, 0) is 0 Å². The average Bonchev–Trinajstić information content (AvgIpc) is 1.35. The molecule has 36 valence electrons. The zero-order valence-electron chi connectivity index (χ0n) is 4.38. The van der Waals surface area contributed by atoms with E-state index in [1.807, 2.05) is 0 Å². The normalized spacial score (nSPS) is 12.0. The van der Waals surface area contributed by atoms with Crippen molar-refractivity contribution in [2.45, 2.75) is 25.0 Å². The molecule has 0 saturated heterocycles. The van der Waals surface area contributed by atoms with Gasteiger partial charge in [0.2, 0.25) is 0 Å². The van der Waals surface area contributed by atoms with Crippen LogP contribution in [0.25, 0.3) is 0 Å². The summed E-state index contributed by atoms with van der Waals surface area (Å²) in [6.45, 7) is 6.50. The summed E-state index contributed by atoms with van der Waals surface area (Å²) in [5.41, 5.74) is 0. The Kier molecular flexibility index (Phi) is 2.53. The van der Waals surface area contributed by atoms with Gasteiger partial charge in [0.15, 0.2) is 0 Å². The Morgan fingerprint density at radius 1 is 1.33 bits per heavy atom. The summed E-state index contributed by atoms with van der Waals surface area (Å²) in [6, 6.07) is 0. The summed E-state index contributed by atoms with van der Waals surface area (Å²) >= 11 is -0.174. The van der Waals surface area contributed by atoms with Gasteiger partial charge in [0, 0.05) is 0 Å². The SMILES string of the molecule is C[C](C)(C)[Ge][Cl]. The Morgan fingerprint density at radius 3 is 1.50 bits per heavy atom. The van der Waals surface area contributed by atoms with Crippen molar-refractivity contribution >= 4 is 24.5 Å². The van der Waals surface area contributed by atoms with E-state index in [9.17, 15) is 0 Å². The molecule has 2 heteroatoms. The molecule has 0 aliphatic carbocycles. The molecule has 0 aromatic heterocycles. The molecule has 0 amide bonds. The van der Waals surface area contributed by atoms with Gasteiger partial charge < -0.3 is 0 Å². The Balaban J connectivity index is 3.17. The molecule has 0 aliphatic heterocycles. The summed E-state index contributed by atoms with van der Waals surface area (Å²) in [5.74, 6) is 0. The van der Waals surface area contributed by atoms with E-state index in [2.05, 4.69) is 20.8 Å². The van der Waals surface area contributed by atoms with Crippen LogP contribution in [0.3, 0.4) is 0 Å². The van der Waals surface area contributed by atoms with E-state index in [4.69, 9.17) is 10.0 Å². The molecule has 0 nitrogen and oxygen atoms in total. The van der Waals surface area contributed by atoms with E-state index in [0.717, 1.165) is 0 Å². The Morgan fingerprint density at radius 2 is 1.50 bits per heavy atom. The van der Waals surface area contributed by atoms with Crippen LogP contribution in [-0.2, 0) is 0 Å². The topological polar surface area (TPSA) is 0 Å². The zero-order valence-corrected chi connectivity index (χ0v) is 7.23. The van der Waals surface area contributed by atoms with Crippen LogP contribution in [0.2, 0.25) is 4.25 Å². The summed E-state index contributed by atoms with van der Waals surface area (Å²) in [6.07, 6.45) is 0. The molecule has 0 rings (SSSR count). The van der Waals surface area contributed by atoms with Crippen LogP contribution in [0.15, 0.2) is 0 Å². The van der Waals surface area contributed by atoms with Gasteiger partial charge in [0.1, 0.15) is 0 Å². The molecule has 2 radical (unpaired) electrons. The Bertz CT molecular complexity index is 37.3. The van der Waals surface area contributed by atoms with Crippen LogP contribution in [0.4, 0.5) is 0 Å². The van der Waals surface area contributed by atoms with E-state index in [1.165, 1.54) is 0 Å². The zero-order chi connectivity index (χ0) is 5.21. The van der Waals surface area contributed by atoms with E-state index >= 15 is 0 Å². The summed E-state index contributed by atoms with van der Waals surface area (Å²) in [7, 11) is 5.60. The maximum absolute atomic E-state index is 5.60. The predicted molar refractivity (Wildman–Crippen MR) is 31.3 cm³/mol. The second-order valence-electron chi connectivity index (χ2n) is 2.34. The first-order valence-corrected chi connectivity index (χ1v) is 5.74. The van der Waals surface area contributed by atoms with Crippen molar-refractivity contribution in [3.05, 3.63) is 0 Å². The van der Waals surface area contributed by atoms with Gasteiger partial charge in [-0.3, -0.25) is 0 Å². The van der Waals surface area contributed by atoms with E-state index < -0.39 is 0 Å². The molecular weight excluding hydrogens is 156 g/mol. The molecule has 0 saturated carbocycles. The Labute approximate surface area is 49.9 Å². The quantitative estimate of drug-likeness (QED) is 0.482. The van der Waals surface area contributed by atoms with Crippen molar-refractivity contribution in [2.75, 3.05) is 0 Å². The monoisotopic (exact) mass is 166 g/mol. The van der Waals surface area contributed by atoms with E-state index in [-0.39, 0.29) is 14.5 Å². The second kappa shape index (κ2) is 2.22. The fourth-order valence-corrected chi connectivity index (χ4v) is 0. The summed E-state index contributed by atoms with van der Waals surface area (Å²) < 4.78 is 0.432. The number of rotatable bonds is 0. The average molecular weight is 165 g/mol. The Hall–Kier alpha value is 0.833. The molecule has 0 atom stereocenters. The first kappa shape index (κ1) is 6.83. The van der Waals surface area contributed by atoms with Gasteiger partial charge in [0.05, 0.1) is 0 Å². The van der Waals surface area contributed by atoms with Crippen LogP contribution < -0.4 is 0 Å². The molecule has 0 N–H and O–H groups in total. The first-order chi connectivity index (χ1) is 2.56. The second-order valence-corrected chi connectivity index (χ2v) is 6.87. The van der Waals surface area contributed by atoms with Crippen LogP contribution in [0.1, 0.15) is 20.8 Å². The molecule has 0 aromatic carbocycles. The van der Waals surface area contributed by atoms with Gasteiger partial charge in [0.25, 0.3) is 0 Å². The van der Waals surface area contributed by atoms with E-state index in [0.29, 0.717) is 4.25 Å². The van der Waals surface area contributed by atoms with Crippen molar-refractivity contribution in [1.82, 2.24) is 0 Å². The molecule has 0 aliphatic rings. The molecule has 0 aromatic rings. The third-order valence-corrected chi connectivity index (χ3v) is 4.42. The third-order valence-electron chi connectivity index (χ3n) is 0.283. The van der Waals surface area contributed by atoms with Crippen molar-refractivity contribution < 1.29 is 0 Å². The molecular formula is C4H9ClGe. The van der Waals surface area contributed by atoms with Gasteiger partial charge in [-0.25, -0.2) is 0 Å². The maximum atomic E-state index is 5.60. The third kappa shape index (κ3) is 4.83. The van der Waals surface area contributed by atoms with Crippen molar-refractivity contribution in [1.29, 1.82) is 0 Å². The van der Waals surface area contributed by atoms with Crippen molar-refractivity contribution in [2.24, 2.45) is 0 Å². The fraction of sp³-hybridized carbons (Fsp3) is 1.00. The van der Waals surface area contributed by atoms with E-state index in [1.54, 1.807) is 0 Å². The van der Waals surface area contributed by atoms with Crippen LogP contribution >= 0.6 is 10.0 Å². The molecule has 0 unspecified atom stereocenters. The van der Waals surface area contributed by atoms with Crippen LogP contribution in [0, 0.1) is 0 Å². The summed E-state index contributed by atoms with van der Waals surface area (Å²) in [5, 5.41) is 0. The molecule has 6 heavy (non-hydrogen) atoms. The van der Waals surface area contributed by atoms with Crippen LogP contribution in [0.5, 0.6) is 0 Å². The first-order valence-electron chi connectivity index (χ1n) is 1.94. The molecule has 0 fully saturated rings. The molecule has 0 spiro atoms. The molecule has 0 bridgehead atoms. The minimum atomic E-state index is -0.174. The standard InChI is InChI=1S/C4H9ClGe/c1-4(2,3)6-5/h1-3H3. The van der Waals surface area contributed by atoms with Gasteiger partial charge in [-0.1, -0.05) is 0 Å². The molecule has 0 heterocycles. The number of hydrogen-bond donors (Lipinski definition) is 0. The van der Waals surface area contributed by atoms with Gasteiger partial charge in [-0.2, -0.15) is 0 Å². The van der Waals surface area contributed by atoms with Gasteiger partial charge in [-0.15, -0.1) is 0 Å². The minimum absolute atomic E-state index is 0.174. The van der Waals surface area contributed by atoms with Crippen molar-refractivity contribution in [3.63, 3.8) is 0 Å². The van der Waals surface area contributed by atoms with Crippen LogP contribution in [-0.4, -0.2) is 14.5 Å². The fourth-order valence-electron chi connectivity index (χ4n) is 0. The summed E-state index contributed by atoms with van der Waals surface area (Å²) in [4.78, 5) is 0.